The summed E-state index contributed by atoms with van der Waals surface area (Å²) in [6.45, 7) is 3.50. The monoisotopic (exact) mass is 420 g/mol. The molecule has 2 heterocycles. The highest BCUT2D eigenvalue weighted by Gasteiger charge is 2.33. The summed E-state index contributed by atoms with van der Waals surface area (Å²) >= 11 is 0. The van der Waals surface area contributed by atoms with E-state index >= 15 is 0 Å². The number of esters is 1. The number of fused-ring (bicyclic) bond motifs is 3. The maximum Gasteiger partial charge on any atom is 0.315 e. The van der Waals surface area contributed by atoms with Crippen LogP contribution >= 0.6 is 0 Å². The van der Waals surface area contributed by atoms with Crippen molar-refractivity contribution < 1.29 is 19.1 Å². The summed E-state index contributed by atoms with van der Waals surface area (Å²) in [5, 5.41) is 6.97. The van der Waals surface area contributed by atoms with Gasteiger partial charge in [-0.05, 0) is 48.7 Å². The number of nitrogens with zero attached hydrogens (tertiary/aromatic N) is 2. The smallest absolute Gasteiger partial charge is 0.315 e. The number of hydrogen-bond donors (Lipinski definition) is 2. The third kappa shape index (κ3) is 4.20. The first-order chi connectivity index (χ1) is 15.0. The zero-order valence-electron chi connectivity index (χ0n) is 17.5. The first-order valence-corrected chi connectivity index (χ1v) is 10.2. The second kappa shape index (κ2) is 8.69. The fraction of sp³-hybridized carbons (Fsp3) is 0.304. The standard InChI is InChI=1S/C23H24N4O4/c1-3-31-20(29)12-19(28)25-26-22-17-11-16(14-7-5-4-6-8-14)15-9-10-27(2)13-18(15)21(17)24-23(22)30/h4-8,11H,3,9-10,12-13H2,1-2H3,(H,25,28)(H,24,26,30). The van der Waals surface area contributed by atoms with Gasteiger partial charge in [0.05, 0.1) is 12.3 Å². The summed E-state index contributed by atoms with van der Waals surface area (Å²) < 4.78 is 4.77. The van der Waals surface area contributed by atoms with Crippen LogP contribution in [-0.4, -0.2) is 48.6 Å². The molecular formula is C23H24N4O4. The Balaban J connectivity index is 1.72. The van der Waals surface area contributed by atoms with Crippen LogP contribution < -0.4 is 10.7 Å². The van der Waals surface area contributed by atoms with Crippen molar-refractivity contribution >= 4 is 29.2 Å². The predicted octanol–water partition coefficient (Wildman–Crippen LogP) is 2.07. The molecule has 0 saturated carbocycles. The number of likely N-dealkylation sites (N-methyl/N-ethyl adjacent to an activating group) is 1. The minimum Gasteiger partial charge on any atom is -0.466 e. The second-order valence-corrected chi connectivity index (χ2v) is 7.59. The van der Waals surface area contributed by atoms with Crippen molar-refractivity contribution in [1.29, 1.82) is 0 Å². The number of hydrogen-bond acceptors (Lipinski definition) is 6. The van der Waals surface area contributed by atoms with E-state index in [1.165, 1.54) is 5.56 Å². The first-order valence-electron chi connectivity index (χ1n) is 10.2. The minimum atomic E-state index is -0.639. The molecule has 8 heteroatoms. The van der Waals surface area contributed by atoms with Gasteiger partial charge in [0, 0.05) is 18.7 Å². The number of nitrogens with one attached hydrogen (secondary N) is 2. The van der Waals surface area contributed by atoms with Gasteiger partial charge < -0.3 is 15.0 Å². The Morgan fingerprint density at radius 1 is 1.19 bits per heavy atom. The lowest BCUT2D eigenvalue weighted by atomic mass is 9.87. The average molecular weight is 420 g/mol. The molecule has 0 spiro atoms. The maximum atomic E-state index is 12.7. The Bertz CT molecular complexity index is 1080. The summed E-state index contributed by atoms with van der Waals surface area (Å²) in [5.74, 6) is -1.65. The molecule has 31 heavy (non-hydrogen) atoms. The Kier molecular flexibility index (Phi) is 5.81. The van der Waals surface area contributed by atoms with Gasteiger partial charge in [0.2, 0.25) is 0 Å². The number of rotatable bonds is 5. The second-order valence-electron chi connectivity index (χ2n) is 7.59. The van der Waals surface area contributed by atoms with E-state index in [9.17, 15) is 14.4 Å². The van der Waals surface area contributed by atoms with Crippen molar-refractivity contribution in [2.45, 2.75) is 26.3 Å². The topological polar surface area (TPSA) is 100 Å². The number of carbonyl (C=O) groups is 3. The molecule has 2 N–H and O–H groups in total. The zero-order valence-corrected chi connectivity index (χ0v) is 17.5. The van der Waals surface area contributed by atoms with E-state index in [2.05, 4.69) is 20.7 Å². The van der Waals surface area contributed by atoms with Crippen LogP contribution in [0.5, 0.6) is 0 Å². The maximum absolute atomic E-state index is 12.7. The summed E-state index contributed by atoms with van der Waals surface area (Å²) in [4.78, 5) is 38.4. The van der Waals surface area contributed by atoms with E-state index in [1.54, 1.807) is 6.92 Å². The van der Waals surface area contributed by atoms with Crippen LogP contribution in [0.3, 0.4) is 0 Å². The van der Waals surface area contributed by atoms with Crippen LogP contribution in [0.2, 0.25) is 0 Å². The Morgan fingerprint density at radius 3 is 2.71 bits per heavy atom. The third-order valence-corrected chi connectivity index (χ3v) is 5.42. The molecule has 0 radical (unpaired) electrons. The summed E-state index contributed by atoms with van der Waals surface area (Å²) in [7, 11) is 2.05. The predicted molar refractivity (Wildman–Crippen MR) is 116 cm³/mol. The van der Waals surface area contributed by atoms with Crippen molar-refractivity contribution in [1.82, 2.24) is 10.3 Å². The van der Waals surface area contributed by atoms with Crippen LogP contribution in [0.1, 0.15) is 30.0 Å². The van der Waals surface area contributed by atoms with Gasteiger partial charge in [-0.3, -0.25) is 14.4 Å². The lowest BCUT2D eigenvalue weighted by Crippen LogP contribution is -2.27. The lowest BCUT2D eigenvalue weighted by molar-refractivity contribution is -0.145. The fourth-order valence-corrected chi connectivity index (χ4v) is 4.00. The van der Waals surface area contributed by atoms with Crippen LogP contribution in [0, 0.1) is 0 Å². The molecule has 0 unspecified atom stereocenters. The molecule has 2 aromatic carbocycles. The number of amides is 2. The van der Waals surface area contributed by atoms with E-state index in [4.69, 9.17) is 4.74 Å². The largest absolute Gasteiger partial charge is 0.466 e. The SMILES string of the molecule is CCOC(=O)CC(=O)NN=C1C(=O)Nc2c1cc(-c1ccccc1)c1c2CN(C)CC1. The van der Waals surface area contributed by atoms with Crippen LogP contribution in [0.4, 0.5) is 5.69 Å². The number of ether oxygens (including phenoxy) is 1. The molecule has 0 bridgehead atoms. The van der Waals surface area contributed by atoms with Gasteiger partial charge in [-0.2, -0.15) is 5.10 Å². The van der Waals surface area contributed by atoms with Crippen molar-refractivity contribution in [3.8, 4) is 11.1 Å². The van der Waals surface area contributed by atoms with Gasteiger partial charge >= 0.3 is 5.97 Å². The van der Waals surface area contributed by atoms with E-state index in [1.807, 2.05) is 43.4 Å². The van der Waals surface area contributed by atoms with Gasteiger partial charge in [-0.25, -0.2) is 5.43 Å². The molecule has 0 fully saturated rings. The van der Waals surface area contributed by atoms with Gasteiger partial charge in [0.25, 0.3) is 11.8 Å². The highest BCUT2D eigenvalue weighted by molar-refractivity contribution is 6.54. The molecule has 0 aromatic heterocycles. The molecule has 2 aliphatic heterocycles. The van der Waals surface area contributed by atoms with E-state index in [0.717, 1.165) is 35.3 Å². The molecule has 0 saturated heterocycles. The van der Waals surface area contributed by atoms with Gasteiger partial charge in [0.15, 0.2) is 5.71 Å². The van der Waals surface area contributed by atoms with Crippen LogP contribution in [0.25, 0.3) is 11.1 Å². The molecule has 0 atom stereocenters. The zero-order chi connectivity index (χ0) is 22.0. The van der Waals surface area contributed by atoms with Crippen LogP contribution in [0.15, 0.2) is 41.5 Å². The molecule has 0 aliphatic carbocycles. The number of carbonyl (C=O) groups excluding carboxylic acids is 3. The molecule has 2 amide bonds. The molecule has 4 rings (SSSR count). The molecule has 2 aromatic rings. The van der Waals surface area contributed by atoms with Gasteiger partial charge in [-0.1, -0.05) is 30.3 Å². The van der Waals surface area contributed by atoms with Crippen molar-refractivity contribution in [2.24, 2.45) is 5.10 Å². The lowest BCUT2D eigenvalue weighted by Gasteiger charge is -2.29. The normalized spacial score (nSPS) is 16.5. The molecular weight excluding hydrogens is 396 g/mol. The van der Waals surface area contributed by atoms with E-state index in [0.29, 0.717) is 12.1 Å². The Hall–Kier alpha value is -3.52. The number of benzene rings is 2. The van der Waals surface area contributed by atoms with Crippen LogP contribution in [-0.2, 0) is 32.1 Å². The Labute approximate surface area is 180 Å². The Morgan fingerprint density at radius 2 is 1.97 bits per heavy atom. The first kappa shape index (κ1) is 20.7. The fourth-order valence-electron chi connectivity index (χ4n) is 4.00. The highest BCUT2D eigenvalue weighted by atomic mass is 16.5. The van der Waals surface area contributed by atoms with Crippen molar-refractivity contribution in [3.63, 3.8) is 0 Å². The molecule has 160 valence electrons. The molecule has 2 aliphatic rings. The van der Waals surface area contributed by atoms with Crippen molar-refractivity contribution in [3.05, 3.63) is 53.1 Å². The summed E-state index contributed by atoms with van der Waals surface area (Å²) in [6.07, 6.45) is 0.422. The number of anilines is 1. The quantitative estimate of drug-likeness (QED) is 0.438. The molecule has 8 nitrogen and oxygen atoms in total. The number of hydrazone groups is 1. The average Bonchev–Trinajstić information content (AvgIpc) is 3.07. The van der Waals surface area contributed by atoms with Gasteiger partial charge in [0.1, 0.15) is 6.42 Å². The summed E-state index contributed by atoms with van der Waals surface area (Å²) in [5.41, 5.74) is 8.24. The van der Waals surface area contributed by atoms with E-state index < -0.39 is 18.3 Å². The summed E-state index contributed by atoms with van der Waals surface area (Å²) in [6, 6.07) is 12.0. The van der Waals surface area contributed by atoms with E-state index in [-0.39, 0.29) is 18.2 Å². The third-order valence-electron chi connectivity index (χ3n) is 5.42. The van der Waals surface area contributed by atoms with Gasteiger partial charge in [-0.15, -0.1) is 0 Å². The van der Waals surface area contributed by atoms with Crippen molar-refractivity contribution in [2.75, 3.05) is 25.5 Å². The minimum absolute atomic E-state index is 0.125. The highest BCUT2D eigenvalue weighted by Crippen LogP contribution is 2.39.